The summed E-state index contributed by atoms with van der Waals surface area (Å²) in [5, 5.41) is 4.83. The molecule has 2 heteroatoms. The molecule has 2 heterocycles. The van der Waals surface area contributed by atoms with E-state index in [2.05, 4.69) is 119 Å². The van der Waals surface area contributed by atoms with Gasteiger partial charge in [0.05, 0.1) is 0 Å². The molecule has 0 aliphatic heterocycles. The third kappa shape index (κ3) is 3.84. The van der Waals surface area contributed by atoms with E-state index in [0.29, 0.717) is 0 Å². The van der Waals surface area contributed by atoms with Crippen LogP contribution in [0.4, 0.5) is 0 Å². The molecular weight excluding hydrogens is 460 g/mol. The molecule has 38 heavy (non-hydrogen) atoms. The predicted molar refractivity (Wildman–Crippen MR) is 159 cm³/mol. The van der Waals surface area contributed by atoms with Gasteiger partial charge >= 0.3 is 0 Å². The Hall–Kier alpha value is -5.08. The molecule has 5 aromatic carbocycles. The summed E-state index contributed by atoms with van der Waals surface area (Å²) in [7, 11) is 0. The molecule has 0 radical (unpaired) electrons. The van der Waals surface area contributed by atoms with Gasteiger partial charge in [-0.2, -0.15) is 0 Å². The van der Waals surface area contributed by atoms with E-state index in [0.717, 1.165) is 33.4 Å². The topological polar surface area (TPSA) is 25.8 Å². The summed E-state index contributed by atoms with van der Waals surface area (Å²) in [4.78, 5) is 9.33. The molecule has 0 saturated carbocycles. The van der Waals surface area contributed by atoms with Gasteiger partial charge in [0.1, 0.15) is 0 Å². The Balaban J connectivity index is 1.51. The van der Waals surface area contributed by atoms with Crippen molar-refractivity contribution in [2.75, 3.05) is 0 Å². The van der Waals surface area contributed by atoms with Gasteiger partial charge in [0, 0.05) is 47.0 Å². The quantitative estimate of drug-likeness (QED) is 0.233. The molecule has 0 atom stereocenters. The van der Waals surface area contributed by atoms with E-state index < -0.39 is 0 Å². The number of rotatable bonds is 4. The molecule has 0 amide bonds. The Labute approximate surface area is 221 Å². The third-order valence-electron chi connectivity index (χ3n) is 7.20. The first-order valence-electron chi connectivity index (χ1n) is 12.8. The highest BCUT2D eigenvalue weighted by Crippen LogP contribution is 2.44. The molecule has 0 N–H and O–H groups in total. The highest BCUT2D eigenvalue weighted by molar-refractivity contribution is 6.21. The highest BCUT2D eigenvalue weighted by Gasteiger charge is 2.17. The number of benzene rings is 5. The molecule has 0 spiro atoms. The molecule has 2 aromatic heterocycles. The molecule has 178 valence electrons. The van der Waals surface area contributed by atoms with E-state index >= 15 is 0 Å². The third-order valence-corrected chi connectivity index (χ3v) is 7.20. The Morgan fingerprint density at radius 2 is 0.605 bits per heavy atom. The van der Waals surface area contributed by atoms with Gasteiger partial charge in [-0.1, -0.05) is 109 Å². The summed E-state index contributed by atoms with van der Waals surface area (Å²) in [5.41, 5.74) is 9.18. The fourth-order valence-corrected chi connectivity index (χ4v) is 5.48. The van der Waals surface area contributed by atoms with Gasteiger partial charge < -0.3 is 0 Å². The molecule has 7 aromatic rings. The summed E-state index contributed by atoms with van der Waals surface area (Å²) in [6.07, 6.45) is 7.85. The number of fused-ring (bicyclic) bond motifs is 2. The Morgan fingerprint density at radius 1 is 0.289 bits per heavy atom. The van der Waals surface area contributed by atoms with Crippen LogP contribution in [0.5, 0.6) is 0 Å². The standard InChI is InChI=1S/C36H24N2/c1-3-11-25(12-4-1)27-19-29(23-37-21-27)35-31-15-7-9-17-33(31)36(34-18-10-8-16-32(34)35)30-20-28(22-38-24-30)26-13-5-2-6-14-26/h1-24H. The minimum absolute atomic E-state index is 1.11. The van der Waals surface area contributed by atoms with Crippen LogP contribution in [0.2, 0.25) is 0 Å². The molecule has 0 aliphatic carbocycles. The smallest absolute Gasteiger partial charge is 0.0347 e. The number of pyridine rings is 2. The van der Waals surface area contributed by atoms with Gasteiger partial charge in [0.2, 0.25) is 0 Å². The zero-order valence-electron chi connectivity index (χ0n) is 20.8. The van der Waals surface area contributed by atoms with Crippen molar-refractivity contribution in [2.24, 2.45) is 0 Å². The van der Waals surface area contributed by atoms with Crippen LogP contribution in [-0.4, -0.2) is 9.97 Å². The molecule has 0 fully saturated rings. The van der Waals surface area contributed by atoms with Crippen LogP contribution in [-0.2, 0) is 0 Å². The summed E-state index contributed by atoms with van der Waals surface area (Å²) >= 11 is 0. The van der Waals surface area contributed by atoms with Crippen LogP contribution in [0.3, 0.4) is 0 Å². The Morgan fingerprint density at radius 3 is 0.974 bits per heavy atom. The van der Waals surface area contributed by atoms with Crippen LogP contribution in [0.15, 0.2) is 146 Å². The van der Waals surface area contributed by atoms with Crippen LogP contribution in [0.1, 0.15) is 0 Å². The minimum atomic E-state index is 1.11. The molecule has 7 rings (SSSR count). The number of aromatic nitrogens is 2. The van der Waals surface area contributed by atoms with Crippen molar-refractivity contribution in [3.63, 3.8) is 0 Å². The average molecular weight is 485 g/mol. The molecule has 0 aliphatic rings. The van der Waals surface area contributed by atoms with Crippen molar-refractivity contribution in [3.05, 3.63) is 146 Å². The van der Waals surface area contributed by atoms with Crippen molar-refractivity contribution < 1.29 is 0 Å². The monoisotopic (exact) mass is 484 g/mol. The summed E-state index contributed by atoms with van der Waals surface area (Å²) in [5.74, 6) is 0. The zero-order chi connectivity index (χ0) is 25.3. The Kier molecular flexibility index (Phi) is 5.49. The summed E-state index contributed by atoms with van der Waals surface area (Å²) in [6.45, 7) is 0. The van der Waals surface area contributed by atoms with Crippen molar-refractivity contribution >= 4 is 21.5 Å². The second-order valence-corrected chi connectivity index (χ2v) is 9.50. The maximum Gasteiger partial charge on any atom is 0.0347 e. The van der Waals surface area contributed by atoms with Crippen molar-refractivity contribution in [1.82, 2.24) is 9.97 Å². The largest absolute Gasteiger partial charge is 0.263 e. The molecule has 0 unspecified atom stereocenters. The number of hydrogen-bond acceptors (Lipinski definition) is 2. The molecule has 0 saturated heterocycles. The lowest BCUT2D eigenvalue weighted by Crippen LogP contribution is -1.92. The van der Waals surface area contributed by atoms with Crippen LogP contribution in [0, 0.1) is 0 Å². The first-order chi connectivity index (χ1) is 18.9. The van der Waals surface area contributed by atoms with E-state index in [9.17, 15) is 0 Å². The van der Waals surface area contributed by atoms with E-state index in [1.165, 1.54) is 32.7 Å². The van der Waals surface area contributed by atoms with Gasteiger partial charge in [-0.3, -0.25) is 9.97 Å². The fraction of sp³-hybridized carbons (Fsp3) is 0. The SMILES string of the molecule is c1ccc(-c2cncc(-c3c4ccccc4c(-c4cncc(-c5ccccc5)c4)c4ccccc34)c2)cc1. The highest BCUT2D eigenvalue weighted by atomic mass is 14.6. The first kappa shape index (κ1) is 22.1. The van der Waals surface area contributed by atoms with Crippen LogP contribution < -0.4 is 0 Å². The molecule has 2 nitrogen and oxygen atoms in total. The summed E-state index contributed by atoms with van der Waals surface area (Å²) < 4.78 is 0. The number of hydrogen-bond donors (Lipinski definition) is 0. The van der Waals surface area contributed by atoms with Gasteiger partial charge in [0.25, 0.3) is 0 Å². The van der Waals surface area contributed by atoms with Gasteiger partial charge in [-0.25, -0.2) is 0 Å². The maximum atomic E-state index is 4.67. The summed E-state index contributed by atoms with van der Waals surface area (Å²) in [6, 6.07) is 42.8. The van der Waals surface area contributed by atoms with Crippen LogP contribution >= 0.6 is 0 Å². The van der Waals surface area contributed by atoms with Gasteiger partial charge in [-0.05, 0) is 55.9 Å². The molecular formula is C36H24N2. The van der Waals surface area contributed by atoms with Crippen molar-refractivity contribution in [2.45, 2.75) is 0 Å². The van der Waals surface area contributed by atoms with E-state index in [1.807, 2.05) is 36.9 Å². The minimum Gasteiger partial charge on any atom is -0.263 e. The lowest BCUT2D eigenvalue weighted by atomic mass is 9.86. The second kappa shape index (κ2) is 9.42. The van der Waals surface area contributed by atoms with Gasteiger partial charge in [-0.15, -0.1) is 0 Å². The van der Waals surface area contributed by atoms with Gasteiger partial charge in [0.15, 0.2) is 0 Å². The number of nitrogens with zero attached hydrogens (tertiary/aromatic N) is 2. The zero-order valence-corrected chi connectivity index (χ0v) is 20.8. The second-order valence-electron chi connectivity index (χ2n) is 9.50. The van der Waals surface area contributed by atoms with Crippen molar-refractivity contribution in [1.29, 1.82) is 0 Å². The predicted octanol–water partition coefficient (Wildman–Crippen LogP) is 9.45. The van der Waals surface area contributed by atoms with E-state index in [-0.39, 0.29) is 0 Å². The normalized spacial score (nSPS) is 11.2. The van der Waals surface area contributed by atoms with Crippen LogP contribution in [0.25, 0.3) is 66.1 Å². The lowest BCUT2D eigenvalue weighted by molar-refractivity contribution is 1.33. The molecule has 0 bridgehead atoms. The Bertz CT molecular complexity index is 1710. The van der Waals surface area contributed by atoms with E-state index in [1.54, 1.807) is 0 Å². The first-order valence-corrected chi connectivity index (χ1v) is 12.8. The van der Waals surface area contributed by atoms with E-state index in [4.69, 9.17) is 0 Å². The lowest BCUT2D eigenvalue weighted by Gasteiger charge is -2.18. The maximum absolute atomic E-state index is 4.67. The fourth-order valence-electron chi connectivity index (χ4n) is 5.48. The average Bonchev–Trinajstić information content (AvgIpc) is 3.01. The van der Waals surface area contributed by atoms with Crippen molar-refractivity contribution in [3.8, 4) is 44.5 Å².